The number of aliphatic imine (C=N–C) groups is 1. The summed E-state index contributed by atoms with van der Waals surface area (Å²) >= 11 is 0. The first-order valence-corrected chi connectivity index (χ1v) is 10.1. The molecule has 1 heterocycles. The van der Waals surface area contributed by atoms with Crippen LogP contribution in [0.2, 0.25) is 0 Å². The molecule has 1 aliphatic rings. The predicted octanol–water partition coefficient (Wildman–Crippen LogP) is 2.42. The molecule has 0 spiro atoms. The molecule has 0 saturated carbocycles. The first kappa shape index (κ1) is 20.7. The Labute approximate surface area is 160 Å². The van der Waals surface area contributed by atoms with Crippen molar-refractivity contribution < 1.29 is 0 Å². The van der Waals surface area contributed by atoms with Gasteiger partial charge in [0.1, 0.15) is 0 Å². The van der Waals surface area contributed by atoms with Gasteiger partial charge in [-0.15, -0.1) is 0 Å². The lowest BCUT2D eigenvalue weighted by molar-refractivity contribution is 0.109. The summed E-state index contributed by atoms with van der Waals surface area (Å²) in [6.07, 6.45) is 0. The second-order valence-electron chi connectivity index (χ2n) is 7.30. The maximum Gasteiger partial charge on any atom is 0.194 e. The highest BCUT2D eigenvalue weighted by Gasteiger charge is 2.20. The lowest BCUT2D eigenvalue weighted by atomic mass is 10.1. The lowest BCUT2D eigenvalue weighted by Gasteiger charge is -2.37. The number of rotatable bonds is 7. The molecule has 5 nitrogen and oxygen atoms in total. The van der Waals surface area contributed by atoms with Crippen LogP contribution in [-0.2, 0) is 6.54 Å². The van der Waals surface area contributed by atoms with E-state index < -0.39 is 0 Å². The van der Waals surface area contributed by atoms with E-state index in [1.165, 1.54) is 24.2 Å². The van der Waals surface area contributed by atoms with Gasteiger partial charge in [0.05, 0.1) is 6.54 Å². The van der Waals surface area contributed by atoms with Crippen LogP contribution in [-0.4, -0.2) is 79.6 Å². The number of aryl methyl sites for hydroxylation is 1. The van der Waals surface area contributed by atoms with Crippen molar-refractivity contribution in [1.82, 2.24) is 20.0 Å². The van der Waals surface area contributed by atoms with Crippen molar-refractivity contribution in [3.63, 3.8) is 0 Å². The lowest BCUT2D eigenvalue weighted by Crippen LogP contribution is -2.50. The van der Waals surface area contributed by atoms with Gasteiger partial charge in [0, 0.05) is 52.4 Å². The van der Waals surface area contributed by atoms with Gasteiger partial charge in [0.15, 0.2) is 5.96 Å². The molecule has 5 heteroatoms. The Morgan fingerprint density at radius 3 is 2.50 bits per heavy atom. The maximum absolute atomic E-state index is 4.93. The zero-order valence-corrected chi connectivity index (χ0v) is 17.3. The average molecular weight is 360 g/mol. The summed E-state index contributed by atoms with van der Waals surface area (Å²) in [5.41, 5.74) is 2.68. The zero-order valence-electron chi connectivity index (χ0n) is 17.3. The number of likely N-dealkylation sites (N-methyl/N-ethyl adjacent to an activating group) is 1. The molecule has 2 rings (SSSR count). The van der Waals surface area contributed by atoms with Crippen molar-refractivity contribution in [3.05, 3.63) is 35.4 Å². The Morgan fingerprint density at radius 1 is 1.19 bits per heavy atom. The predicted molar refractivity (Wildman–Crippen MR) is 112 cm³/mol. The third kappa shape index (κ3) is 5.99. The van der Waals surface area contributed by atoms with Crippen LogP contribution in [0.15, 0.2) is 29.3 Å². The fourth-order valence-electron chi connectivity index (χ4n) is 3.44. The molecule has 1 N–H and O–H groups in total. The summed E-state index contributed by atoms with van der Waals surface area (Å²) in [7, 11) is 2.12. The van der Waals surface area contributed by atoms with Gasteiger partial charge in [0.25, 0.3) is 0 Å². The summed E-state index contributed by atoms with van der Waals surface area (Å²) in [5.74, 6) is 0.995. The highest BCUT2D eigenvalue weighted by Crippen LogP contribution is 2.10. The van der Waals surface area contributed by atoms with E-state index in [1.54, 1.807) is 0 Å². The molecule has 0 aliphatic carbocycles. The second-order valence-corrected chi connectivity index (χ2v) is 7.30. The average Bonchev–Trinajstić information content (AvgIpc) is 2.66. The van der Waals surface area contributed by atoms with E-state index in [0.29, 0.717) is 6.04 Å². The van der Waals surface area contributed by atoms with Gasteiger partial charge in [-0.2, -0.15) is 0 Å². The topological polar surface area (TPSA) is 34.1 Å². The van der Waals surface area contributed by atoms with Crippen LogP contribution in [0.4, 0.5) is 0 Å². The van der Waals surface area contributed by atoms with Gasteiger partial charge in [-0.3, -0.25) is 9.89 Å². The van der Waals surface area contributed by atoms with Crippen molar-refractivity contribution >= 4 is 5.96 Å². The molecule has 1 saturated heterocycles. The van der Waals surface area contributed by atoms with Gasteiger partial charge < -0.3 is 15.1 Å². The first-order valence-electron chi connectivity index (χ1n) is 10.1. The van der Waals surface area contributed by atoms with Crippen molar-refractivity contribution in [3.8, 4) is 0 Å². The van der Waals surface area contributed by atoms with Crippen LogP contribution >= 0.6 is 0 Å². The number of piperazine rings is 1. The third-order valence-electron chi connectivity index (χ3n) is 5.35. The molecule has 1 unspecified atom stereocenters. The molecular weight excluding hydrogens is 322 g/mol. The van der Waals surface area contributed by atoms with E-state index in [2.05, 4.69) is 79.0 Å². The summed E-state index contributed by atoms with van der Waals surface area (Å²) in [5, 5.41) is 3.45. The van der Waals surface area contributed by atoms with Gasteiger partial charge in [-0.1, -0.05) is 31.2 Å². The fourth-order valence-corrected chi connectivity index (χ4v) is 3.44. The minimum Gasteiger partial charge on any atom is -0.357 e. The molecule has 1 aromatic carbocycles. The Hall–Kier alpha value is -1.59. The van der Waals surface area contributed by atoms with Crippen molar-refractivity contribution in [2.75, 3.05) is 52.9 Å². The summed E-state index contributed by atoms with van der Waals surface area (Å²) < 4.78 is 0. The van der Waals surface area contributed by atoms with E-state index in [0.717, 1.165) is 45.2 Å². The van der Waals surface area contributed by atoms with Gasteiger partial charge >= 0.3 is 0 Å². The van der Waals surface area contributed by atoms with Crippen LogP contribution in [0.25, 0.3) is 0 Å². The number of hydrogen-bond donors (Lipinski definition) is 1. The molecule has 146 valence electrons. The number of hydrogen-bond acceptors (Lipinski definition) is 3. The Balaban J connectivity index is 1.94. The molecule has 1 aliphatic heterocycles. The van der Waals surface area contributed by atoms with E-state index in [1.807, 2.05) is 0 Å². The number of nitrogens with zero attached hydrogens (tertiary/aromatic N) is 4. The summed E-state index contributed by atoms with van der Waals surface area (Å²) in [6.45, 7) is 17.3. The first-order chi connectivity index (χ1) is 12.5. The highest BCUT2D eigenvalue weighted by molar-refractivity contribution is 5.79. The van der Waals surface area contributed by atoms with Crippen molar-refractivity contribution in [1.29, 1.82) is 0 Å². The maximum atomic E-state index is 4.93. The Morgan fingerprint density at radius 2 is 1.88 bits per heavy atom. The molecular formula is C21H37N5. The van der Waals surface area contributed by atoms with Crippen LogP contribution in [0.1, 0.15) is 31.9 Å². The molecule has 0 bridgehead atoms. The third-order valence-corrected chi connectivity index (χ3v) is 5.35. The minimum atomic E-state index is 0.481. The quantitative estimate of drug-likeness (QED) is 0.599. The molecule has 0 radical (unpaired) electrons. The van der Waals surface area contributed by atoms with E-state index in [9.17, 15) is 0 Å². The zero-order chi connectivity index (χ0) is 18.9. The SMILES string of the molecule is CCNC(=NCC(C)N1CCN(CC)CC1)N(C)Cc1ccccc1C. The normalized spacial score (nSPS) is 18.0. The Bertz CT molecular complexity index is 563. The second kappa shape index (κ2) is 10.5. The van der Waals surface area contributed by atoms with E-state index >= 15 is 0 Å². The van der Waals surface area contributed by atoms with Gasteiger partial charge in [-0.05, 0) is 38.4 Å². The van der Waals surface area contributed by atoms with Crippen molar-refractivity contribution in [2.45, 2.75) is 40.3 Å². The van der Waals surface area contributed by atoms with Gasteiger partial charge in [0.2, 0.25) is 0 Å². The van der Waals surface area contributed by atoms with Crippen molar-refractivity contribution in [2.24, 2.45) is 4.99 Å². The smallest absolute Gasteiger partial charge is 0.194 e. The molecule has 1 fully saturated rings. The fraction of sp³-hybridized carbons (Fsp3) is 0.667. The number of guanidine groups is 1. The minimum absolute atomic E-state index is 0.481. The largest absolute Gasteiger partial charge is 0.357 e. The monoisotopic (exact) mass is 359 g/mol. The molecule has 0 amide bonds. The van der Waals surface area contributed by atoms with E-state index in [-0.39, 0.29) is 0 Å². The molecule has 1 atom stereocenters. The van der Waals surface area contributed by atoms with Crippen LogP contribution < -0.4 is 5.32 Å². The van der Waals surface area contributed by atoms with Crippen LogP contribution in [0, 0.1) is 6.92 Å². The number of nitrogens with one attached hydrogen (secondary N) is 1. The standard InChI is InChI=1S/C21H37N5/c1-6-22-21(24(5)17-20-11-9-8-10-18(20)3)23-16-19(4)26-14-12-25(7-2)13-15-26/h8-11,19H,6-7,12-17H2,1-5H3,(H,22,23). The highest BCUT2D eigenvalue weighted by atomic mass is 15.3. The molecule has 1 aromatic rings. The Kier molecular flexibility index (Phi) is 8.39. The number of benzene rings is 1. The van der Waals surface area contributed by atoms with Gasteiger partial charge in [-0.25, -0.2) is 0 Å². The van der Waals surface area contributed by atoms with Crippen LogP contribution in [0.3, 0.4) is 0 Å². The molecule has 26 heavy (non-hydrogen) atoms. The van der Waals surface area contributed by atoms with Crippen LogP contribution in [0.5, 0.6) is 0 Å². The molecule has 0 aromatic heterocycles. The van der Waals surface area contributed by atoms with E-state index in [4.69, 9.17) is 4.99 Å². The summed E-state index contributed by atoms with van der Waals surface area (Å²) in [4.78, 5) is 12.2. The summed E-state index contributed by atoms with van der Waals surface area (Å²) in [6, 6.07) is 9.06.